The summed E-state index contributed by atoms with van der Waals surface area (Å²) in [6, 6.07) is 76.5. The van der Waals surface area contributed by atoms with Gasteiger partial charge in [-0.3, -0.25) is 41.6 Å². The number of halogens is 4. The summed E-state index contributed by atoms with van der Waals surface area (Å²) in [5, 5.41) is 20.2. The van der Waals surface area contributed by atoms with Gasteiger partial charge in [0.1, 0.15) is 46.1 Å². The van der Waals surface area contributed by atoms with Gasteiger partial charge < -0.3 is 0 Å². The van der Waals surface area contributed by atoms with Gasteiger partial charge in [-0.05, 0) is 97.1 Å². The molecular weight excluding hydrogens is 1180 g/mol. The molecule has 0 atom stereocenters. The molecule has 0 aliphatic carbocycles. The average Bonchev–Trinajstić information content (AvgIpc) is 3.68. The predicted octanol–water partition coefficient (Wildman–Crippen LogP) is 16.0. The van der Waals surface area contributed by atoms with E-state index in [0.29, 0.717) is 43.4 Å². The van der Waals surface area contributed by atoms with Crippen LogP contribution in [0, 0.1) is 0 Å². The highest BCUT2D eigenvalue weighted by Gasteiger charge is 2.12. The van der Waals surface area contributed by atoms with Crippen molar-refractivity contribution in [1.29, 1.82) is 0 Å². The molecule has 4 aromatic carbocycles. The van der Waals surface area contributed by atoms with E-state index in [1.54, 1.807) is 98.1 Å². The third-order valence-electron chi connectivity index (χ3n) is 11.9. The van der Waals surface area contributed by atoms with E-state index in [4.69, 9.17) is 46.4 Å². The summed E-state index contributed by atoms with van der Waals surface area (Å²) >= 11 is 23.3. The van der Waals surface area contributed by atoms with Crippen molar-refractivity contribution in [3.63, 3.8) is 0 Å². The number of hydrogen-bond acceptors (Lipinski definition) is 16. The maximum atomic E-state index is 5.83. The number of anilines is 4. The number of hydrogen-bond donors (Lipinski definition) is 4. The van der Waals surface area contributed by atoms with E-state index in [0.717, 1.165) is 67.9 Å². The Balaban J connectivity index is 0.000000140. The number of nitrogens with zero attached hydrogens (tertiary/aromatic N) is 12. The van der Waals surface area contributed by atoms with E-state index in [9.17, 15) is 0 Å². The zero-order valence-electron chi connectivity index (χ0n) is 46.6. The first-order chi connectivity index (χ1) is 43.3. The second-order valence-electron chi connectivity index (χ2n) is 18.1. The lowest BCUT2D eigenvalue weighted by Crippen LogP contribution is -2.08. The van der Waals surface area contributed by atoms with Gasteiger partial charge >= 0.3 is 0 Å². The fourth-order valence-electron chi connectivity index (χ4n) is 7.69. The molecule has 0 spiro atoms. The molecule has 4 N–H and O–H groups in total. The normalized spacial score (nSPS) is 11.2. The second-order valence-corrected chi connectivity index (χ2v) is 19.8. The second kappa shape index (κ2) is 33.6. The quantitative estimate of drug-likeness (QED) is 0.0528. The lowest BCUT2D eigenvalue weighted by Gasteiger charge is -2.07. The van der Waals surface area contributed by atoms with E-state index in [-0.39, 0.29) is 0 Å². The summed E-state index contributed by atoms with van der Waals surface area (Å²) in [5.41, 5.74) is 21.8. The Morgan fingerprint density at radius 1 is 0.227 bits per heavy atom. The van der Waals surface area contributed by atoms with Crippen LogP contribution < -0.4 is 21.7 Å². The smallest absolute Gasteiger partial charge is 0.146 e. The van der Waals surface area contributed by atoms with Gasteiger partial charge in [-0.15, -0.1) is 0 Å². The third kappa shape index (κ3) is 19.6. The first kappa shape index (κ1) is 61.7. The zero-order chi connectivity index (χ0) is 60.8. The molecule has 16 nitrogen and oxygen atoms in total. The van der Waals surface area contributed by atoms with Gasteiger partial charge in [-0.2, -0.15) is 20.4 Å². The van der Waals surface area contributed by atoms with E-state index in [1.807, 2.05) is 194 Å². The first-order valence-electron chi connectivity index (χ1n) is 27.0. The molecule has 0 fully saturated rings. The Morgan fingerprint density at radius 3 is 0.602 bits per heavy atom. The van der Waals surface area contributed by atoms with Crippen molar-refractivity contribution in [1.82, 2.24) is 39.9 Å². The van der Waals surface area contributed by atoms with Crippen molar-refractivity contribution in [3.8, 4) is 0 Å². The predicted molar refractivity (Wildman–Crippen MR) is 357 cm³/mol. The van der Waals surface area contributed by atoms with Crippen LogP contribution in [0.1, 0.15) is 45.0 Å². The number of aromatic nitrogens is 8. The highest BCUT2D eigenvalue weighted by atomic mass is 35.5. The van der Waals surface area contributed by atoms with E-state index in [2.05, 4.69) is 82.0 Å². The van der Waals surface area contributed by atoms with E-state index in [1.165, 1.54) is 0 Å². The third-order valence-corrected chi connectivity index (χ3v) is 12.8. The van der Waals surface area contributed by atoms with Gasteiger partial charge in [0.2, 0.25) is 0 Å². The lowest BCUT2D eigenvalue weighted by molar-refractivity contribution is 1.21. The average molecular weight is 1240 g/mol. The molecule has 0 bridgehead atoms. The summed E-state index contributed by atoms with van der Waals surface area (Å²) in [6.45, 7) is 0. The van der Waals surface area contributed by atoms with Crippen molar-refractivity contribution >= 4 is 92.5 Å². The first-order valence-corrected chi connectivity index (χ1v) is 28.5. The Hall–Kier alpha value is -10.9. The minimum Gasteiger partial charge on any atom is -0.261 e. The molecule has 0 aliphatic rings. The van der Waals surface area contributed by atoms with Crippen molar-refractivity contribution in [3.05, 3.63) is 357 Å². The van der Waals surface area contributed by atoms with Crippen LogP contribution in [0.4, 0.5) is 23.3 Å². The van der Waals surface area contributed by atoms with Crippen LogP contribution in [-0.2, 0) is 0 Å². The Morgan fingerprint density at radius 2 is 0.432 bits per heavy atom. The molecule has 0 aliphatic heterocycles. The molecule has 432 valence electrons. The van der Waals surface area contributed by atoms with Crippen LogP contribution in [0.25, 0.3) is 0 Å². The van der Waals surface area contributed by atoms with Crippen LogP contribution in [0.15, 0.2) is 313 Å². The molecule has 12 rings (SSSR count). The van der Waals surface area contributed by atoms with Crippen LogP contribution in [0.3, 0.4) is 0 Å². The van der Waals surface area contributed by atoms with Gasteiger partial charge in [0, 0.05) is 71.8 Å². The topological polar surface area (TPSA) is 201 Å². The van der Waals surface area contributed by atoms with Gasteiger partial charge in [-0.25, -0.2) is 19.9 Å². The van der Waals surface area contributed by atoms with Crippen molar-refractivity contribution < 1.29 is 0 Å². The highest BCUT2D eigenvalue weighted by Crippen LogP contribution is 2.18. The van der Waals surface area contributed by atoms with Crippen LogP contribution >= 0.6 is 46.4 Å². The van der Waals surface area contributed by atoms with Crippen molar-refractivity contribution in [2.45, 2.75) is 0 Å². The SMILES string of the molecule is Clc1ccc(N/N=C(\c2ccccc2)c2ccccn2)nc1.Clc1ccc(N/N=C(\c2ccccc2)c2ccccn2)nc1.Clc1ccc(N/N=C(\c2ccccc2)c2ccccn2)nc1.Clc1ccc(N/N=C(\c2ccccc2)c2ccccn2)nc1. The molecule has 8 aromatic heterocycles. The van der Waals surface area contributed by atoms with Gasteiger partial charge in [0.15, 0.2) is 0 Å². The molecular formula is C68H52Cl4N16. The summed E-state index contributed by atoms with van der Waals surface area (Å²) in [6.07, 6.45) is 13.3. The number of hydrazone groups is 4. The van der Waals surface area contributed by atoms with Crippen LogP contribution in [0.5, 0.6) is 0 Å². The Kier molecular flexibility index (Phi) is 23.5. The maximum Gasteiger partial charge on any atom is 0.146 e. The molecule has 88 heavy (non-hydrogen) atoms. The number of nitrogens with one attached hydrogen (secondary N) is 4. The fourth-order valence-corrected chi connectivity index (χ4v) is 8.14. The standard InChI is InChI=1S/4C17H13ClN4/c4*18-14-9-10-16(20-12-14)21-22-17(13-6-2-1-3-7-13)15-8-4-5-11-19-15/h4*1-12H,(H,20,21)/b4*22-17+. The number of benzene rings is 4. The molecule has 20 heteroatoms. The summed E-state index contributed by atoms with van der Waals surface area (Å²) < 4.78 is 0. The van der Waals surface area contributed by atoms with Gasteiger partial charge in [-0.1, -0.05) is 192 Å². The lowest BCUT2D eigenvalue weighted by atomic mass is 10.1. The molecule has 0 unspecified atom stereocenters. The Bertz CT molecular complexity index is 3400. The van der Waals surface area contributed by atoms with Crippen molar-refractivity contribution in [2.75, 3.05) is 21.7 Å². The molecule has 0 saturated carbocycles. The van der Waals surface area contributed by atoms with E-state index < -0.39 is 0 Å². The monoisotopic (exact) mass is 1230 g/mol. The number of rotatable bonds is 16. The summed E-state index contributed by atoms with van der Waals surface area (Å²) in [7, 11) is 0. The molecule has 0 radical (unpaired) electrons. The molecule has 8 heterocycles. The van der Waals surface area contributed by atoms with Crippen LogP contribution in [0.2, 0.25) is 20.1 Å². The van der Waals surface area contributed by atoms with Crippen LogP contribution in [-0.4, -0.2) is 62.7 Å². The number of pyridine rings is 8. The summed E-state index contributed by atoms with van der Waals surface area (Å²) in [5.74, 6) is 2.48. The Labute approximate surface area is 528 Å². The fraction of sp³-hybridized carbons (Fsp3) is 0. The van der Waals surface area contributed by atoms with Crippen molar-refractivity contribution in [2.24, 2.45) is 20.4 Å². The van der Waals surface area contributed by atoms with Gasteiger partial charge in [0.25, 0.3) is 0 Å². The molecule has 0 saturated heterocycles. The van der Waals surface area contributed by atoms with Gasteiger partial charge in [0.05, 0.1) is 42.9 Å². The summed E-state index contributed by atoms with van der Waals surface area (Å²) in [4.78, 5) is 34.1. The van der Waals surface area contributed by atoms with E-state index >= 15 is 0 Å². The highest BCUT2D eigenvalue weighted by molar-refractivity contribution is 6.31. The molecule has 12 aromatic rings. The minimum atomic E-state index is 0.586. The minimum absolute atomic E-state index is 0.586. The molecule has 0 amide bonds. The maximum absolute atomic E-state index is 5.83. The largest absolute Gasteiger partial charge is 0.261 e. The zero-order valence-corrected chi connectivity index (χ0v) is 49.6.